The van der Waals surface area contributed by atoms with E-state index in [0.717, 1.165) is 25.7 Å². The fourth-order valence-corrected chi connectivity index (χ4v) is 5.44. The molecule has 0 radical (unpaired) electrons. The molecule has 0 aliphatic heterocycles. The third-order valence-electron chi connectivity index (χ3n) is 9.27. The predicted octanol–water partition coefficient (Wildman–Crippen LogP) is 9.05. The number of unbranched alkanes of at least 4 members (excludes halogenated alkanes) is 2. The number of carbonyl (C=O) groups excluding carboxylic acids is 4. The van der Waals surface area contributed by atoms with Gasteiger partial charge in [-0.2, -0.15) is 17.6 Å². The second-order valence-corrected chi connectivity index (χ2v) is 16.1. The molecule has 14 nitrogen and oxygen atoms in total. The van der Waals surface area contributed by atoms with Crippen molar-refractivity contribution >= 4 is 24.4 Å². The Balaban J connectivity index is 1.83. The molecule has 0 bridgehead atoms. The first-order valence-electron chi connectivity index (χ1n) is 19.8. The Labute approximate surface area is 350 Å². The molecule has 18 heteroatoms. The summed E-state index contributed by atoms with van der Waals surface area (Å²) in [5, 5.41) is 10.8. The summed E-state index contributed by atoms with van der Waals surface area (Å²) >= 11 is 0. The Bertz CT molecular complexity index is 1600. The normalized spacial score (nSPS) is 12.6. The van der Waals surface area contributed by atoms with Crippen LogP contribution in [0.25, 0.3) is 0 Å². The summed E-state index contributed by atoms with van der Waals surface area (Å²) in [6, 6.07) is 14.0. The van der Waals surface area contributed by atoms with Gasteiger partial charge in [0.2, 0.25) is 0 Å². The minimum atomic E-state index is -5.14. The summed E-state index contributed by atoms with van der Waals surface area (Å²) in [4.78, 5) is 49.6. The van der Waals surface area contributed by atoms with E-state index in [1.54, 1.807) is 104 Å². The van der Waals surface area contributed by atoms with Crippen LogP contribution < -0.4 is 21.3 Å². The molecule has 2 rings (SSSR count). The molecule has 0 aromatic heterocycles. The number of nitrogens with one attached hydrogen (secondary N) is 4. The van der Waals surface area contributed by atoms with Crippen LogP contribution in [0.4, 0.5) is 36.7 Å². The highest BCUT2D eigenvalue weighted by molar-refractivity contribution is 5.70. The molecule has 2 aromatic carbocycles. The Morgan fingerprint density at radius 3 is 0.950 bits per heavy atom. The quantitative estimate of drug-likeness (QED) is 0.0480. The van der Waals surface area contributed by atoms with E-state index in [9.17, 15) is 36.7 Å². The maximum Gasteiger partial charge on any atom is 0.448 e. The van der Waals surface area contributed by atoms with Crippen molar-refractivity contribution < 1.29 is 65.2 Å². The summed E-state index contributed by atoms with van der Waals surface area (Å²) in [6.07, 6.45) is -10.3. The summed E-state index contributed by atoms with van der Waals surface area (Å²) in [7, 11) is 0. The minimum Gasteiger partial charge on any atom is -0.450 e. The summed E-state index contributed by atoms with van der Waals surface area (Å²) in [5.41, 5.74) is -1.19. The molecule has 0 aliphatic carbocycles. The van der Waals surface area contributed by atoms with E-state index in [2.05, 4.69) is 30.7 Å². The van der Waals surface area contributed by atoms with E-state index in [1.165, 1.54) is 0 Å². The molecule has 0 aliphatic rings. The van der Waals surface area contributed by atoms with Gasteiger partial charge in [0.15, 0.2) is 0 Å². The fraction of sp³-hybridized carbons (Fsp3) is 0.619. The topological polar surface area (TPSA) is 172 Å². The maximum atomic E-state index is 14.3. The zero-order chi connectivity index (χ0) is 45.4. The average Bonchev–Trinajstić information content (AvgIpc) is 3.14. The molecule has 4 N–H and O–H groups in total. The van der Waals surface area contributed by atoms with Gasteiger partial charge in [-0.3, -0.25) is 0 Å². The molecule has 0 spiro atoms. The van der Waals surface area contributed by atoms with E-state index >= 15 is 0 Å². The van der Waals surface area contributed by atoms with Crippen molar-refractivity contribution in [1.29, 1.82) is 0 Å². The highest BCUT2D eigenvalue weighted by Gasteiger charge is 2.60. The molecular weight excluding hydrogens is 796 g/mol. The molecule has 0 heterocycles. The van der Waals surface area contributed by atoms with Crippen LogP contribution in [0.1, 0.15) is 117 Å². The molecule has 338 valence electrons. The van der Waals surface area contributed by atoms with Gasteiger partial charge in [-0.25, -0.2) is 19.2 Å². The Morgan fingerprint density at radius 1 is 0.450 bits per heavy atom. The van der Waals surface area contributed by atoms with Crippen LogP contribution in [0, 0.1) is 0 Å². The molecular formula is C42H62F4N4O10. The lowest BCUT2D eigenvalue weighted by atomic mass is 9.87. The molecule has 2 aromatic rings. The molecule has 0 fully saturated rings. The lowest BCUT2D eigenvalue weighted by Crippen LogP contribution is -2.47. The van der Waals surface area contributed by atoms with Crippen molar-refractivity contribution in [2.24, 2.45) is 0 Å². The molecule has 60 heavy (non-hydrogen) atoms. The maximum absolute atomic E-state index is 14.3. The van der Waals surface area contributed by atoms with Gasteiger partial charge in [0.05, 0.1) is 48.6 Å². The summed E-state index contributed by atoms with van der Waals surface area (Å²) in [5.74, 6) is 0. The van der Waals surface area contributed by atoms with Crippen LogP contribution >= 0.6 is 0 Å². The highest BCUT2D eigenvalue weighted by atomic mass is 19.3. The van der Waals surface area contributed by atoms with Crippen molar-refractivity contribution in [3.05, 3.63) is 70.8 Å². The number of halogens is 4. The van der Waals surface area contributed by atoms with E-state index in [4.69, 9.17) is 18.9 Å². The van der Waals surface area contributed by atoms with Gasteiger partial charge in [0.1, 0.15) is 13.2 Å². The molecule has 0 saturated heterocycles. The lowest BCUT2D eigenvalue weighted by molar-refractivity contribution is -0.431. The van der Waals surface area contributed by atoms with Crippen LogP contribution in [0.15, 0.2) is 48.5 Å². The molecule has 4 amide bonds. The largest absolute Gasteiger partial charge is 0.450 e. The van der Waals surface area contributed by atoms with Crippen LogP contribution in [0.3, 0.4) is 0 Å². The van der Waals surface area contributed by atoms with E-state index in [0.29, 0.717) is 22.3 Å². The fourth-order valence-electron chi connectivity index (χ4n) is 5.44. The zero-order valence-corrected chi connectivity index (χ0v) is 36.3. The number of ether oxygens (including phenoxy) is 6. The van der Waals surface area contributed by atoms with E-state index in [-0.39, 0.29) is 13.2 Å². The number of alkyl halides is 4. The Kier molecular flexibility index (Phi) is 18.9. The van der Waals surface area contributed by atoms with Crippen molar-refractivity contribution in [2.45, 2.75) is 129 Å². The van der Waals surface area contributed by atoms with Gasteiger partial charge in [0.25, 0.3) is 0 Å². The minimum absolute atomic E-state index is 0.284. The third kappa shape index (κ3) is 16.3. The van der Waals surface area contributed by atoms with E-state index < -0.39 is 85.2 Å². The van der Waals surface area contributed by atoms with Crippen molar-refractivity contribution in [3.8, 4) is 0 Å². The van der Waals surface area contributed by atoms with Crippen LogP contribution in [0.2, 0.25) is 0 Å². The van der Waals surface area contributed by atoms with E-state index in [1.807, 2.05) is 13.8 Å². The van der Waals surface area contributed by atoms with Crippen LogP contribution in [0.5, 0.6) is 0 Å². The van der Waals surface area contributed by atoms with Crippen molar-refractivity contribution in [2.75, 3.05) is 39.6 Å². The molecule has 0 atom stereocenters. The Morgan fingerprint density at radius 2 is 0.700 bits per heavy atom. The van der Waals surface area contributed by atoms with Crippen molar-refractivity contribution in [1.82, 2.24) is 21.3 Å². The standard InChI is InChI=1S/C42H62F4N4O10/c1-11-13-21-55-33(51)47-37(3,4)29-17-15-19-31(27-29)39(7,8)49-35(53)57-23-25-59-41(43,44)42(45,46)60-26-24-58-36(54)50-40(9,10)32-20-16-18-30(28-32)38(5,6)48-34(52)56-22-14-12-2/h15-20,27-28H,11-14,21-26H2,1-10H3,(H,47,51)(H,48,52)(H,49,53)(H,50,54). The SMILES string of the molecule is CCCCOC(=O)NC(C)(C)c1cccc(C(C)(C)NC(=O)OCCOC(F)(F)C(F)(F)OCCOC(=O)NC(C)(C)c2cccc(C(C)(C)NC(=O)OCCCC)c2)c1. The average molecular weight is 859 g/mol. The van der Waals surface area contributed by atoms with Crippen LogP contribution in [-0.4, -0.2) is 76.2 Å². The number of hydrogen-bond acceptors (Lipinski definition) is 10. The van der Waals surface area contributed by atoms with Gasteiger partial charge in [-0.1, -0.05) is 75.2 Å². The van der Waals surface area contributed by atoms with Gasteiger partial charge < -0.3 is 49.7 Å². The first-order valence-corrected chi connectivity index (χ1v) is 19.8. The smallest absolute Gasteiger partial charge is 0.448 e. The second-order valence-electron chi connectivity index (χ2n) is 16.1. The monoisotopic (exact) mass is 858 g/mol. The second kappa shape index (κ2) is 22.1. The summed E-state index contributed by atoms with van der Waals surface area (Å²) in [6.45, 7) is 14.4. The lowest BCUT2D eigenvalue weighted by Gasteiger charge is -2.31. The van der Waals surface area contributed by atoms with Crippen LogP contribution in [-0.2, 0) is 50.6 Å². The number of benzene rings is 2. The number of amides is 4. The predicted molar refractivity (Wildman–Crippen MR) is 215 cm³/mol. The summed E-state index contributed by atoms with van der Waals surface area (Å²) < 4.78 is 85.6. The zero-order valence-electron chi connectivity index (χ0n) is 36.3. The molecule has 0 unspecified atom stereocenters. The number of carbonyl (C=O) groups is 4. The van der Waals surface area contributed by atoms with Gasteiger partial charge in [-0.15, -0.1) is 0 Å². The third-order valence-corrected chi connectivity index (χ3v) is 9.27. The first-order chi connectivity index (χ1) is 27.8. The van der Waals surface area contributed by atoms with Gasteiger partial charge in [0, 0.05) is 0 Å². The van der Waals surface area contributed by atoms with Crippen molar-refractivity contribution in [3.63, 3.8) is 0 Å². The molecule has 0 saturated carbocycles. The van der Waals surface area contributed by atoms with Gasteiger partial charge >= 0.3 is 36.6 Å². The van der Waals surface area contributed by atoms with Gasteiger partial charge in [-0.05, 0) is 90.5 Å². The number of rotatable bonds is 23. The number of alkyl carbamates (subject to hydrolysis) is 4. The highest BCUT2D eigenvalue weighted by Crippen LogP contribution is 2.36. The Hall–Kier alpha value is -4.84. The number of hydrogen-bond donors (Lipinski definition) is 4. The first kappa shape index (κ1) is 51.3.